The van der Waals surface area contributed by atoms with Crippen LogP contribution in [0.5, 0.6) is 0 Å². The Morgan fingerprint density at radius 3 is 2.55 bits per heavy atom. The van der Waals surface area contributed by atoms with Gasteiger partial charge in [0.05, 0.1) is 30.6 Å². The van der Waals surface area contributed by atoms with E-state index in [1.54, 1.807) is 0 Å². The predicted octanol–water partition coefficient (Wildman–Crippen LogP) is 2.24. The van der Waals surface area contributed by atoms with Gasteiger partial charge in [-0.2, -0.15) is 0 Å². The number of fused-ring (bicyclic) bond motifs is 2. The number of likely N-dealkylation sites (tertiary alicyclic amines) is 1. The van der Waals surface area contributed by atoms with Crippen molar-refractivity contribution in [1.29, 1.82) is 0 Å². The molecule has 8 unspecified atom stereocenters. The molecular formula is C25H26N2O4. The summed E-state index contributed by atoms with van der Waals surface area (Å²) in [4.78, 5) is 28.3. The van der Waals surface area contributed by atoms with E-state index in [1.807, 2.05) is 65.6 Å². The minimum atomic E-state index is -0.535. The van der Waals surface area contributed by atoms with Crippen LogP contribution in [0, 0.1) is 23.7 Å². The number of amides is 2. The van der Waals surface area contributed by atoms with E-state index < -0.39 is 6.10 Å². The molecule has 2 aliphatic heterocycles. The average molecular weight is 418 g/mol. The highest BCUT2D eigenvalue weighted by Crippen LogP contribution is 2.64. The molecular weight excluding hydrogens is 392 g/mol. The number of carbonyl (C=O) groups excluding carboxylic acids is 2. The molecule has 2 aliphatic carbocycles. The van der Waals surface area contributed by atoms with Crippen LogP contribution in [-0.2, 0) is 20.9 Å². The van der Waals surface area contributed by atoms with Gasteiger partial charge in [-0.3, -0.25) is 9.59 Å². The summed E-state index contributed by atoms with van der Waals surface area (Å²) in [6.07, 6.45) is 0.0126. The fraction of sp³-hybridized carbons (Fsp3) is 0.440. The van der Waals surface area contributed by atoms with Crippen molar-refractivity contribution in [3.63, 3.8) is 0 Å². The number of hydrogen-bond donors (Lipinski definition) is 2. The lowest BCUT2D eigenvalue weighted by Gasteiger charge is -2.35. The zero-order valence-corrected chi connectivity index (χ0v) is 17.1. The zero-order valence-electron chi connectivity index (χ0n) is 17.1. The van der Waals surface area contributed by atoms with Gasteiger partial charge in [0.15, 0.2) is 0 Å². The second-order valence-corrected chi connectivity index (χ2v) is 9.29. The van der Waals surface area contributed by atoms with E-state index in [-0.39, 0.29) is 60.3 Å². The summed E-state index contributed by atoms with van der Waals surface area (Å²) in [6, 6.07) is 19.2. The highest BCUT2D eigenvalue weighted by molar-refractivity contribution is 5.85. The van der Waals surface area contributed by atoms with Gasteiger partial charge in [-0.05, 0) is 29.4 Å². The molecule has 2 heterocycles. The van der Waals surface area contributed by atoms with Crippen LogP contribution >= 0.6 is 0 Å². The number of ether oxygens (including phenoxy) is 1. The second-order valence-electron chi connectivity index (χ2n) is 9.29. The molecule has 2 saturated carbocycles. The van der Waals surface area contributed by atoms with Crippen LogP contribution in [0.15, 0.2) is 60.7 Å². The van der Waals surface area contributed by atoms with E-state index in [4.69, 9.17) is 4.74 Å². The normalized spacial score (nSPS) is 35.6. The summed E-state index contributed by atoms with van der Waals surface area (Å²) in [5.41, 5.74) is 1.97. The molecule has 2 bridgehead atoms. The number of nitrogens with one attached hydrogen (secondary N) is 1. The van der Waals surface area contributed by atoms with Crippen LogP contribution in [0.2, 0.25) is 0 Å². The maximum absolute atomic E-state index is 13.5. The third-order valence-electron chi connectivity index (χ3n) is 7.78. The molecule has 2 saturated heterocycles. The molecule has 6 rings (SSSR count). The summed E-state index contributed by atoms with van der Waals surface area (Å²) in [5, 5.41) is 13.5. The second kappa shape index (κ2) is 7.18. The molecule has 2 amide bonds. The minimum Gasteiger partial charge on any atom is -0.390 e. The Morgan fingerprint density at radius 1 is 1.10 bits per heavy atom. The van der Waals surface area contributed by atoms with E-state index in [0.717, 1.165) is 17.5 Å². The number of carbonyl (C=O) groups is 2. The highest BCUT2D eigenvalue weighted by atomic mass is 16.5. The van der Waals surface area contributed by atoms with Crippen molar-refractivity contribution in [3.8, 4) is 0 Å². The first-order chi connectivity index (χ1) is 15.1. The molecule has 6 heteroatoms. The Labute approximate surface area is 181 Å². The summed E-state index contributed by atoms with van der Waals surface area (Å²) >= 11 is 0. The van der Waals surface area contributed by atoms with Gasteiger partial charge in [-0.25, -0.2) is 0 Å². The van der Waals surface area contributed by atoms with Gasteiger partial charge in [-0.1, -0.05) is 60.7 Å². The van der Waals surface area contributed by atoms with E-state index in [0.29, 0.717) is 6.54 Å². The number of rotatable bonds is 6. The average Bonchev–Trinajstić information content (AvgIpc) is 3.49. The van der Waals surface area contributed by atoms with Crippen LogP contribution < -0.4 is 5.32 Å². The Bertz CT molecular complexity index is 997. The highest BCUT2D eigenvalue weighted by Gasteiger charge is 2.73. The maximum Gasteiger partial charge on any atom is 0.229 e. The van der Waals surface area contributed by atoms with Gasteiger partial charge in [0.25, 0.3) is 0 Å². The number of aliphatic hydroxyl groups excluding tert-OH is 1. The molecule has 0 spiro atoms. The number of aliphatic hydroxyl groups is 1. The molecule has 0 aromatic heterocycles. The third-order valence-corrected chi connectivity index (χ3v) is 7.78. The monoisotopic (exact) mass is 418 g/mol. The zero-order chi connectivity index (χ0) is 21.1. The molecule has 160 valence electrons. The van der Waals surface area contributed by atoms with Gasteiger partial charge < -0.3 is 20.1 Å². The topological polar surface area (TPSA) is 78.9 Å². The molecule has 0 radical (unpaired) electrons. The molecule has 2 aromatic rings. The first-order valence-corrected chi connectivity index (χ1v) is 11.1. The first-order valence-electron chi connectivity index (χ1n) is 11.1. The van der Waals surface area contributed by atoms with E-state index in [9.17, 15) is 14.7 Å². The van der Waals surface area contributed by atoms with Crippen molar-refractivity contribution in [2.75, 3.05) is 0 Å². The molecule has 31 heavy (non-hydrogen) atoms. The largest absolute Gasteiger partial charge is 0.390 e. The van der Waals surface area contributed by atoms with Crippen molar-refractivity contribution >= 4 is 11.8 Å². The first kappa shape index (κ1) is 19.0. The van der Waals surface area contributed by atoms with Crippen molar-refractivity contribution in [1.82, 2.24) is 10.2 Å². The minimum absolute atomic E-state index is 0.00849. The molecule has 4 aliphatic rings. The lowest BCUT2D eigenvalue weighted by molar-refractivity contribution is -0.157. The Balaban J connectivity index is 1.26. The summed E-state index contributed by atoms with van der Waals surface area (Å²) in [6.45, 7) is 0.457. The molecule has 4 fully saturated rings. The van der Waals surface area contributed by atoms with E-state index in [2.05, 4.69) is 5.32 Å². The van der Waals surface area contributed by atoms with Crippen LogP contribution in [0.1, 0.15) is 30.0 Å². The van der Waals surface area contributed by atoms with Crippen LogP contribution in [0.3, 0.4) is 0 Å². The van der Waals surface area contributed by atoms with Gasteiger partial charge in [0.2, 0.25) is 11.8 Å². The fourth-order valence-electron chi connectivity index (χ4n) is 6.52. The number of hydrogen-bond acceptors (Lipinski definition) is 4. The smallest absolute Gasteiger partial charge is 0.229 e. The van der Waals surface area contributed by atoms with Crippen molar-refractivity contribution in [3.05, 3.63) is 71.8 Å². The van der Waals surface area contributed by atoms with Crippen LogP contribution in [0.4, 0.5) is 0 Å². The summed E-state index contributed by atoms with van der Waals surface area (Å²) < 4.78 is 6.26. The molecule has 2 aromatic carbocycles. The van der Waals surface area contributed by atoms with Crippen molar-refractivity contribution in [2.24, 2.45) is 23.7 Å². The summed E-state index contributed by atoms with van der Waals surface area (Å²) in [7, 11) is 0. The fourth-order valence-corrected chi connectivity index (χ4v) is 6.52. The molecule has 6 nitrogen and oxygen atoms in total. The van der Waals surface area contributed by atoms with E-state index in [1.165, 1.54) is 0 Å². The Morgan fingerprint density at radius 2 is 1.81 bits per heavy atom. The molecule has 2 N–H and O–H groups in total. The Hall–Kier alpha value is -2.70. The van der Waals surface area contributed by atoms with Crippen molar-refractivity contribution < 1.29 is 19.4 Å². The van der Waals surface area contributed by atoms with E-state index >= 15 is 0 Å². The Kier molecular flexibility index (Phi) is 4.40. The van der Waals surface area contributed by atoms with Gasteiger partial charge >= 0.3 is 0 Å². The summed E-state index contributed by atoms with van der Waals surface area (Å²) in [5.74, 6) is 0.150. The number of nitrogens with zero attached hydrogens (tertiary/aromatic N) is 1. The lowest BCUT2D eigenvalue weighted by Crippen LogP contribution is -2.46. The standard InChI is InChI=1S/C25H26N2O4/c28-19(26-13-14-7-3-1-4-8-14)12-18(15-9-5-2-6-10-15)27-24(30)20-16-11-17-21(20)25(27)31-23(17)22(16)29/h1-10,16-18,20-23,25,29H,11-13H2,(H,26,28). The van der Waals surface area contributed by atoms with Gasteiger partial charge in [0.1, 0.15) is 6.23 Å². The van der Waals surface area contributed by atoms with Gasteiger partial charge in [0, 0.05) is 12.5 Å². The lowest BCUT2D eigenvalue weighted by atomic mass is 9.80. The third kappa shape index (κ3) is 2.85. The van der Waals surface area contributed by atoms with Crippen LogP contribution in [-0.4, -0.2) is 40.3 Å². The quantitative estimate of drug-likeness (QED) is 0.754. The SMILES string of the molecule is O=C(CC(c1ccccc1)N1C(=O)C2C3CC4C(OC1C42)C3O)NCc1ccccc1. The van der Waals surface area contributed by atoms with Crippen molar-refractivity contribution in [2.45, 2.75) is 43.9 Å². The molecule has 8 atom stereocenters. The van der Waals surface area contributed by atoms with Gasteiger partial charge in [-0.15, -0.1) is 0 Å². The number of benzene rings is 2. The van der Waals surface area contributed by atoms with Crippen LogP contribution in [0.25, 0.3) is 0 Å². The maximum atomic E-state index is 13.5. The predicted molar refractivity (Wildman–Crippen MR) is 112 cm³/mol.